The van der Waals surface area contributed by atoms with E-state index in [1.807, 2.05) is 0 Å². The number of hydrogen-bond acceptors (Lipinski definition) is 8. The predicted octanol–water partition coefficient (Wildman–Crippen LogP) is -2.22. The van der Waals surface area contributed by atoms with E-state index < -0.39 is 50.3 Å². The van der Waals surface area contributed by atoms with Gasteiger partial charge in [-0.3, -0.25) is 23.4 Å². The minimum atomic E-state index is -4.39. The molecule has 1 rings (SSSR count). The smallest absolute Gasteiger partial charge is 0.368 e. The maximum atomic E-state index is 12.2. The molecule has 0 fully saturated rings. The van der Waals surface area contributed by atoms with Crippen LogP contribution in [0.15, 0.2) is 12.5 Å². The van der Waals surface area contributed by atoms with Gasteiger partial charge in [0.05, 0.1) is 25.0 Å². The van der Waals surface area contributed by atoms with Gasteiger partial charge in [-0.2, -0.15) is 0 Å². The summed E-state index contributed by atoms with van der Waals surface area (Å²) < 4.78 is 20.4. The third kappa shape index (κ3) is 7.74. The molecule has 4 unspecified atom stereocenters. The molecule has 0 spiro atoms. The maximum Gasteiger partial charge on any atom is 0.472 e. The summed E-state index contributed by atoms with van der Waals surface area (Å²) in [6.07, 6.45) is 2.12. The zero-order valence-electron chi connectivity index (χ0n) is 15.7. The summed E-state index contributed by atoms with van der Waals surface area (Å²) in [6.45, 7) is 0.815. The Morgan fingerprint density at radius 3 is 2.61 bits per heavy atom. The van der Waals surface area contributed by atoms with Gasteiger partial charge in [0.15, 0.2) is 0 Å². The van der Waals surface area contributed by atoms with Gasteiger partial charge >= 0.3 is 7.82 Å². The van der Waals surface area contributed by atoms with Crippen molar-refractivity contribution in [2.45, 2.75) is 31.5 Å². The van der Waals surface area contributed by atoms with Crippen molar-refractivity contribution < 1.29 is 32.9 Å². The van der Waals surface area contributed by atoms with Gasteiger partial charge in [0.2, 0.25) is 17.7 Å². The molecular formula is C14H25N6O7P. The molecule has 0 radical (unpaired) electrons. The van der Waals surface area contributed by atoms with E-state index >= 15 is 0 Å². The lowest BCUT2D eigenvalue weighted by Crippen LogP contribution is -2.54. The van der Waals surface area contributed by atoms with Gasteiger partial charge in [0.1, 0.15) is 6.04 Å². The monoisotopic (exact) mass is 420 g/mol. The zero-order valence-corrected chi connectivity index (χ0v) is 16.6. The number of phosphoric ester groups is 1. The van der Waals surface area contributed by atoms with Crippen molar-refractivity contribution >= 4 is 25.5 Å². The number of hydrogen-bond donors (Lipinski definition) is 6. The molecule has 1 aromatic rings. The van der Waals surface area contributed by atoms with Crippen LogP contribution in [0.3, 0.4) is 0 Å². The van der Waals surface area contributed by atoms with Gasteiger partial charge < -0.3 is 31.6 Å². The van der Waals surface area contributed by atoms with Crippen molar-refractivity contribution in [1.82, 2.24) is 25.9 Å². The summed E-state index contributed by atoms with van der Waals surface area (Å²) in [5, 5.41) is 7.48. The molecule has 7 N–H and O–H groups in total. The molecule has 0 aromatic carbocycles. The molecule has 1 aromatic heterocycles. The van der Waals surface area contributed by atoms with E-state index in [1.165, 1.54) is 13.3 Å². The summed E-state index contributed by atoms with van der Waals surface area (Å²) in [5.41, 5.74) is 5.92. The van der Waals surface area contributed by atoms with Crippen LogP contribution in [-0.4, -0.2) is 71.5 Å². The fourth-order valence-corrected chi connectivity index (χ4v) is 2.82. The van der Waals surface area contributed by atoms with Crippen LogP contribution in [0.4, 0.5) is 0 Å². The number of rotatable bonds is 12. The lowest BCUT2D eigenvalue weighted by molar-refractivity contribution is -0.130. The van der Waals surface area contributed by atoms with Crippen LogP contribution >= 0.6 is 7.82 Å². The van der Waals surface area contributed by atoms with Crippen LogP contribution in [0, 0.1) is 0 Å². The molecule has 13 nitrogen and oxygen atoms in total. The average molecular weight is 420 g/mol. The SMILES string of the molecule is CNC(Cc1cnc[nH]1)C(=O)NCC(=O)NC(C(N)=O)C(C)OP(=O)(O)OC. The van der Waals surface area contributed by atoms with E-state index in [9.17, 15) is 23.8 Å². The van der Waals surface area contributed by atoms with E-state index in [4.69, 9.17) is 10.3 Å². The van der Waals surface area contributed by atoms with Gasteiger partial charge in [-0.1, -0.05) is 0 Å². The van der Waals surface area contributed by atoms with Gasteiger partial charge in [-0.25, -0.2) is 9.55 Å². The Bertz CT molecular complexity index is 713. The highest BCUT2D eigenvalue weighted by Crippen LogP contribution is 2.43. The number of likely N-dealkylation sites (N-methyl/N-ethyl adjacent to an activating group) is 1. The first kappa shape index (κ1) is 23.7. The molecule has 0 aliphatic heterocycles. The van der Waals surface area contributed by atoms with Crippen LogP contribution < -0.4 is 21.7 Å². The molecule has 0 saturated heterocycles. The lowest BCUT2D eigenvalue weighted by Gasteiger charge is -2.24. The summed E-state index contributed by atoms with van der Waals surface area (Å²) >= 11 is 0. The third-order valence-corrected chi connectivity index (χ3v) is 4.75. The molecule has 14 heteroatoms. The summed E-state index contributed by atoms with van der Waals surface area (Å²) in [5.74, 6) is -2.18. The second-order valence-corrected chi connectivity index (χ2v) is 7.26. The molecule has 0 saturated carbocycles. The third-order valence-electron chi connectivity index (χ3n) is 3.69. The number of H-pyrrole nitrogens is 1. The van der Waals surface area contributed by atoms with Crippen molar-refractivity contribution in [1.29, 1.82) is 0 Å². The fraction of sp³-hybridized carbons (Fsp3) is 0.571. The summed E-state index contributed by atoms with van der Waals surface area (Å²) in [6, 6.07) is -2.03. The van der Waals surface area contributed by atoms with Gasteiger partial charge in [-0.15, -0.1) is 0 Å². The molecule has 0 aliphatic rings. The highest BCUT2D eigenvalue weighted by Gasteiger charge is 2.32. The second kappa shape index (κ2) is 10.9. The van der Waals surface area contributed by atoms with Crippen molar-refractivity contribution in [3.05, 3.63) is 18.2 Å². The standard InChI is InChI=1S/C14H25N6O7P/c1-8(27-28(24,25)26-3)12(13(15)22)20-11(21)6-18-14(23)10(16-2)4-9-5-17-7-19-9/h5,7-8,10,12,16H,4,6H2,1-3H3,(H2,15,22)(H,17,19)(H,18,23)(H,20,21)(H,24,25). The van der Waals surface area contributed by atoms with Crippen LogP contribution in [0.1, 0.15) is 12.6 Å². The Morgan fingerprint density at radius 2 is 2.11 bits per heavy atom. The number of nitrogens with two attached hydrogens (primary N) is 1. The van der Waals surface area contributed by atoms with Crippen LogP contribution in [0.5, 0.6) is 0 Å². The molecule has 3 amide bonds. The molecule has 158 valence electrons. The molecule has 0 bridgehead atoms. The topological polar surface area (TPSA) is 198 Å². The van der Waals surface area contributed by atoms with Crippen LogP contribution in [0.2, 0.25) is 0 Å². The summed E-state index contributed by atoms with van der Waals surface area (Å²) in [4.78, 5) is 51.8. The van der Waals surface area contributed by atoms with Crippen molar-refractivity contribution in [3.8, 4) is 0 Å². The van der Waals surface area contributed by atoms with Crippen molar-refractivity contribution in [3.63, 3.8) is 0 Å². The molecule has 1 heterocycles. The molecule has 28 heavy (non-hydrogen) atoms. The van der Waals surface area contributed by atoms with Gasteiger partial charge in [0.25, 0.3) is 0 Å². The highest BCUT2D eigenvalue weighted by molar-refractivity contribution is 7.47. The van der Waals surface area contributed by atoms with Crippen LogP contribution in [0.25, 0.3) is 0 Å². The minimum absolute atomic E-state index is 0.321. The van der Waals surface area contributed by atoms with E-state index in [0.717, 1.165) is 12.8 Å². The number of nitrogens with one attached hydrogen (secondary N) is 4. The van der Waals surface area contributed by atoms with Crippen molar-refractivity contribution in [2.75, 3.05) is 20.7 Å². The fourth-order valence-electron chi connectivity index (χ4n) is 2.19. The molecule has 4 atom stereocenters. The number of aromatic amines is 1. The van der Waals surface area contributed by atoms with E-state index in [-0.39, 0.29) is 0 Å². The first-order valence-corrected chi connectivity index (χ1v) is 9.67. The quantitative estimate of drug-likeness (QED) is 0.203. The Hall–Kier alpha value is -2.31. The Balaban J connectivity index is 2.58. The lowest BCUT2D eigenvalue weighted by atomic mass is 10.1. The molecular weight excluding hydrogens is 395 g/mol. The number of phosphoric acid groups is 1. The number of amides is 3. The Kier molecular flexibility index (Phi) is 9.22. The first-order valence-electron chi connectivity index (χ1n) is 8.17. The number of carbonyl (C=O) groups is 3. The van der Waals surface area contributed by atoms with E-state index in [2.05, 4.69) is 30.4 Å². The Morgan fingerprint density at radius 1 is 1.43 bits per heavy atom. The number of aromatic nitrogens is 2. The van der Waals surface area contributed by atoms with Crippen LogP contribution in [-0.2, 0) is 34.4 Å². The highest BCUT2D eigenvalue weighted by atomic mass is 31.2. The molecule has 0 aliphatic carbocycles. The predicted molar refractivity (Wildman–Crippen MR) is 96.7 cm³/mol. The number of imidazole rings is 1. The number of carbonyl (C=O) groups excluding carboxylic acids is 3. The normalized spacial score (nSPS) is 16.4. The summed E-state index contributed by atoms with van der Waals surface area (Å²) in [7, 11) is -1.85. The second-order valence-electron chi connectivity index (χ2n) is 5.75. The number of nitrogens with zero attached hydrogens (tertiary/aromatic N) is 1. The zero-order chi connectivity index (χ0) is 21.3. The maximum absolute atomic E-state index is 12.2. The number of primary amides is 1. The first-order chi connectivity index (χ1) is 13.1. The van der Waals surface area contributed by atoms with E-state index in [0.29, 0.717) is 6.42 Å². The average Bonchev–Trinajstić information content (AvgIpc) is 3.14. The van der Waals surface area contributed by atoms with Gasteiger partial charge in [0, 0.05) is 25.4 Å². The minimum Gasteiger partial charge on any atom is -0.368 e. The van der Waals surface area contributed by atoms with E-state index in [1.54, 1.807) is 13.2 Å². The van der Waals surface area contributed by atoms with Crippen molar-refractivity contribution in [2.24, 2.45) is 5.73 Å². The Labute approximate surface area is 161 Å². The largest absolute Gasteiger partial charge is 0.472 e. The van der Waals surface area contributed by atoms with Gasteiger partial charge in [-0.05, 0) is 14.0 Å².